The molecular weight excluding hydrogens is 687 g/mol. The summed E-state index contributed by atoms with van der Waals surface area (Å²) in [6, 6.07) is 70.2. The molecular formula is C56H43N. The van der Waals surface area contributed by atoms with Gasteiger partial charge in [-0.3, -0.25) is 0 Å². The topological polar surface area (TPSA) is 3.24 Å². The first-order valence-electron chi connectivity index (χ1n) is 20.2. The maximum atomic E-state index is 2.55. The van der Waals surface area contributed by atoms with Crippen molar-refractivity contribution in [1.82, 2.24) is 0 Å². The van der Waals surface area contributed by atoms with Gasteiger partial charge in [0.25, 0.3) is 0 Å². The molecule has 9 aromatic rings. The normalized spacial score (nSPS) is 14.2. The summed E-state index contributed by atoms with van der Waals surface area (Å²) in [5.74, 6) is 0. The molecule has 0 amide bonds. The van der Waals surface area contributed by atoms with E-state index in [1.165, 1.54) is 88.3 Å². The number of benzene rings is 9. The lowest BCUT2D eigenvalue weighted by Gasteiger charge is -2.32. The molecule has 0 radical (unpaired) electrons. The van der Waals surface area contributed by atoms with Crippen LogP contribution in [0.25, 0.3) is 66.1 Å². The Balaban J connectivity index is 1.21. The summed E-state index contributed by atoms with van der Waals surface area (Å²) in [4.78, 5) is 2.55. The van der Waals surface area contributed by atoms with E-state index in [-0.39, 0.29) is 10.8 Å². The predicted octanol–water partition coefficient (Wildman–Crippen LogP) is 15.4. The van der Waals surface area contributed by atoms with E-state index in [2.05, 4.69) is 221 Å². The van der Waals surface area contributed by atoms with Gasteiger partial charge in [-0.25, -0.2) is 0 Å². The highest BCUT2D eigenvalue weighted by atomic mass is 15.1. The van der Waals surface area contributed by atoms with Crippen LogP contribution in [0.4, 0.5) is 17.1 Å². The van der Waals surface area contributed by atoms with Gasteiger partial charge in [-0.1, -0.05) is 191 Å². The van der Waals surface area contributed by atoms with Crippen molar-refractivity contribution in [3.05, 3.63) is 210 Å². The lowest BCUT2D eigenvalue weighted by Crippen LogP contribution is -2.15. The first-order chi connectivity index (χ1) is 27.8. The fourth-order valence-electron chi connectivity index (χ4n) is 10.3. The molecule has 0 unspecified atom stereocenters. The summed E-state index contributed by atoms with van der Waals surface area (Å²) in [6.07, 6.45) is 0. The van der Waals surface area contributed by atoms with Crippen molar-refractivity contribution in [1.29, 1.82) is 0 Å². The Bertz CT molecular complexity index is 3090. The van der Waals surface area contributed by atoms with E-state index >= 15 is 0 Å². The molecule has 0 heterocycles. The summed E-state index contributed by atoms with van der Waals surface area (Å²) >= 11 is 0. The van der Waals surface area contributed by atoms with Crippen LogP contribution in [0.2, 0.25) is 0 Å². The summed E-state index contributed by atoms with van der Waals surface area (Å²) in [7, 11) is 0. The van der Waals surface area contributed by atoms with E-state index in [1.54, 1.807) is 0 Å². The average Bonchev–Trinajstić information content (AvgIpc) is 3.63. The quantitative estimate of drug-likeness (QED) is 0.159. The monoisotopic (exact) mass is 729 g/mol. The van der Waals surface area contributed by atoms with Gasteiger partial charge in [0.2, 0.25) is 0 Å². The molecule has 0 bridgehead atoms. The zero-order valence-electron chi connectivity index (χ0n) is 32.8. The van der Waals surface area contributed by atoms with Crippen molar-refractivity contribution >= 4 is 38.6 Å². The van der Waals surface area contributed by atoms with Crippen molar-refractivity contribution in [3.8, 4) is 44.5 Å². The second-order valence-corrected chi connectivity index (χ2v) is 16.9. The van der Waals surface area contributed by atoms with Gasteiger partial charge in [0, 0.05) is 27.3 Å². The molecule has 9 aromatic carbocycles. The average molecular weight is 730 g/mol. The zero-order chi connectivity index (χ0) is 38.5. The summed E-state index contributed by atoms with van der Waals surface area (Å²) in [5, 5.41) is 4.95. The highest BCUT2D eigenvalue weighted by Gasteiger charge is 2.38. The van der Waals surface area contributed by atoms with Crippen LogP contribution in [0, 0.1) is 0 Å². The molecule has 0 atom stereocenters. The van der Waals surface area contributed by atoms with Gasteiger partial charge in [0.15, 0.2) is 0 Å². The number of para-hydroxylation sites is 2. The number of anilines is 3. The minimum Gasteiger partial charge on any atom is -0.309 e. The van der Waals surface area contributed by atoms with Gasteiger partial charge in [0.05, 0.1) is 17.1 Å². The summed E-state index contributed by atoms with van der Waals surface area (Å²) < 4.78 is 0. The molecule has 2 aliphatic rings. The van der Waals surface area contributed by atoms with E-state index in [9.17, 15) is 0 Å². The fraction of sp³-hybridized carbons (Fsp3) is 0.107. The Morgan fingerprint density at radius 2 is 0.825 bits per heavy atom. The van der Waals surface area contributed by atoms with Crippen LogP contribution < -0.4 is 4.90 Å². The number of nitrogens with zero attached hydrogens (tertiary/aromatic N) is 1. The Labute approximate surface area is 335 Å². The minimum absolute atomic E-state index is 0.0535. The van der Waals surface area contributed by atoms with Gasteiger partial charge in [0.1, 0.15) is 0 Å². The first-order valence-corrected chi connectivity index (χ1v) is 20.2. The molecule has 0 N–H and O–H groups in total. The first kappa shape index (κ1) is 33.6. The van der Waals surface area contributed by atoms with Gasteiger partial charge >= 0.3 is 0 Å². The second kappa shape index (κ2) is 12.4. The van der Waals surface area contributed by atoms with Crippen molar-refractivity contribution in [2.24, 2.45) is 0 Å². The number of hydrogen-bond acceptors (Lipinski definition) is 1. The molecule has 0 aliphatic heterocycles. The van der Waals surface area contributed by atoms with E-state index < -0.39 is 0 Å². The smallest absolute Gasteiger partial charge is 0.0546 e. The van der Waals surface area contributed by atoms with Crippen LogP contribution in [0.3, 0.4) is 0 Å². The molecule has 1 nitrogen and oxygen atoms in total. The van der Waals surface area contributed by atoms with Crippen LogP contribution in [-0.2, 0) is 10.8 Å². The standard InChI is InChI=1S/C56H43N/c1-55(2)47-27-13-9-22-41(47)46-34-37(32-33-49(46)55)39-20-11-15-30-51(39)57(53-35-36-18-5-6-19-38(36)40-21-7-8-23-42(40)53)52-31-16-12-24-43(52)44-26-17-29-50-54(44)45-25-10-14-28-48(45)56(50,3)4/h5-35H,1-4H3. The van der Waals surface area contributed by atoms with Gasteiger partial charge < -0.3 is 4.90 Å². The third kappa shape index (κ3) is 4.88. The molecule has 2 aliphatic carbocycles. The molecule has 1 heteroatoms. The Kier molecular flexibility index (Phi) is 7.32. The highest BCUT2D eigenvalue weighted by Crippen LogP contribution is 2.55. The van der Waals surface area contributed by atoms with Crippen LogP contribution in [0.5, 0.6) is 0 Å². The lowest BCUT2D eigenvalue weighted by atomic mass is 9.82. The molecule has 272 valence electrons. The second-order valence-electron chi connectivity index (χ2n) is 16.9. The Morgan fingerprint density at radius 3 is 1.60 bits per heavy atom. The maximum absolute atomic E-state index is 2.55. The zero-order valence-corrected chi connectivity index (χ0v) is 32.8. The van der Waals surface area contributed by atoms with Gasteiger partial charge in [-0.15, -0.1) is 0 Å². The maximum Gasteiger partial charge on any atom is 0.0546 e. The van der Waals surface area contributed by atoms with Crippen molar-refractivity contribution in [2.75, 3.05) is 4.90 Å². The van der Waals surface area contributed by atoms with E-state index in [0.29, 0.717) is 0 Å². The molecule has 0 aromatic heterocycles. The van der Waals surface area contributed by atoms with Crippen LogP contribution in [0.15, 0.2) is 188 Å². The minimum atomic E-state index is -0.0987. The molecule has 0 saturated carbocycles. The van der Waals surface area contributed by atoms with Crippen LogP contribution in [-0.4, -0.2) is 0 Å². The number of rotatable bonds is 5. The van der Waals surface area contributed by atoms with Crippen molar-refractivity contribution in [2.45, 2.75) is 38.5 Å². The van der Waals surface area contributed by atoms with Crippen LogP contribution >= 0.6 is 0 Å². The highest BCUT2D eigenvalue weighted by molar-refractivity contribution is 6.15. The van der Waals surface area contributed by atoms with Gasteiger partial charge in [-0.05, 0) is 96.1 Å². The van der Waals surface area contributed by atoms with Crippen LogP contribution in [0.1, 0.15) is 49.9 Å². The van der Waals surface area contributed by atoms with E-state index in [4.69, 9.17) is 0 Å². The summed E-state index contributed by atoms with van der Waals surface area (Å²) in [5.41, 5.74) is 19.0. The number of fused-ring (bicyclic) bond motifs is 9. The molecule has 57 heavy (non-hydrogen) atoms. The Morgan fingerprint density at radius 1 is 0.316 bits per heavy atom. The number of hydrogen-bond donors (Lipinski definition) is 0. The van der Waals surface area contributed by atoms with Crippen molar-refractivity contribution in [3.63, 3.8) is 0 Å². The van der Waals surface area contributed by atoms with E-state index in [1.807, 2.05) is 0 Å². The largest absolute Gasteiger partial charge is 0.309 e. The van der Waals surface area contributed by atoms with Crippen molar-refractivity contribution < 1.29 is 0 Å². The Hall–Kier alpha value is -6.70. The predicted molar refractivity (Wildman–Crippen MR) is 242 cm³/mol. The third-order valence-electron chi connectivity index (χ3n) is 13.1. The fourth-order valence-corrected chi connectivity index (χ4v) is 10.3. The molecule has 0 saturated heterocycles. The molecule has 0 spiro atoms. The lowest BCUT2D eigenvalue weighted by molar-refractivity contribution is 0.660. The summed E-state index contributed by atoms with van der Waals surface area (Å²) in [6.45, 7) is 9.45. The molecule has 0 fully saturated rings. The molecule has 11 rings (SSSR count). The van der Waals surface area contributed by atoms with E-state index in [0.717, 1.165) is 17.1 Å². The third-order valence-corrected chi connectivity index (χ3v) is 13.1. The van der Waals surface area contributed by atoms with Gasteiger partial charge in [-0.2, -0.15) is 0 Å². The SMILES string of the molecule is CC1(C)c2ccccc2-c2cc(-c3ccccc3N(c3ccccc3-c3cccc4c3-c3ccccc3C4(C)C)c3cc4ccccc4c4ccccc34)ccc21.